The van der Waals surface area contributed by atoms with Crippen LogP contribution in [0.5, 0.6) is 0 Å². The highest BCUT2D eigenvalue weighted by Crippen LogP contribution is 2.38. The molecule has 2 aromatic rings. The monoisotopic (exact) mass is 319 g/mol. The minimum Gasteiger partial charge on any atom is -0.363 e. The van der Waals surface area contributed by atoms with Crippen LogP contribution < -0.4 is 9.62 Å². The smallest absolute Gasteiger partial charge is 0.263 e. The van der Waals surface area contributed by atoms with Gasteiger partial charge in [0.2, 0.25) is 5.91 Å². The van der Waals surface area contributed by atoms with Crippen LogP contribution in [0.2, 0.25) is 0 Å². The number of aromatic nitrogens is 1. The third-order valence-electron chi connectivity index (χ3n) is 4.01. The maximum Gasteiger partial charge on any atom is 0.263 e. The third kappa shape index (κ3) is 1.98. The Morgan fingerprint density at radius 1 is 1.18 bits per heavy atom. The predicted molar refractivity (Wildman–Crippen MR) is 78.1 cm³/mol. The third-order valence-corrected chi connectivity index (χ3v) is 5.35. The molecule has 0 unspecified atom stereocenters. The second-order valence-electron chi connectivity index (χ2n) is 5.38. The molecule has 2 aliphatic heterocycles. The van der Waals surface area contributed by atoms with E-state index in [0.29, 0.717) is 25.8 Å². The van der Waals surface area contributed by atoms with E-state index in [4.69, 9.17) is 0 Å². The molecule has 1 aromatic carbocycles. The summed E-state index contributed by atoms with van der Waals surface area (Å²) in [5.41, 5.74) is 2.72. The van der Waals surface area contributed by atoms with Crippen molar-refractivity contribution >= 4 is 27.4 Å². The largest absolute Gasteiger partial charge is 0.363 e. The number of nitrogens with zero attached hydrogens (tertiary/aromatic N) is 2. The Kier molecular flexibility index (Phi) is 2.77. The molecule has 0 aliphatic carbocycles. The molecule has 8 heteroatoms. The van der Waals surface area contributed by atoms with E-state index in [1.54, 1.807) is 17.0 Å². The molecule has 1 aromatic heterocycles. The van der Waals surface area contributed by atoms with Gasteiger partial charge in [0.15, 0.2) is 5.82 Å². The van der Waals surface area contributed by atoms with E-state index in [1.807, 2.05) is 0 Å². The van der Waals surface area contributed by atoms with Crippen LogP contribution in [0.1, 0.15) is 17.5 Å². The molecule has 0 bridgehead atoms. The zero-order valence-electron chi connectivity index (χ0n) is 11.6. The van der Waals surface area contributed by atoms with Crippen molar-refractivity contribution < 1.29 is 17.7 Å². The number of nitrogens with one attached hydrogen (secondary N) is 1. The van der Waals surface area contributed by atoms with Crippen molar-refractivity contribution in [2.45, 2.75) is 24.2 Å². The standard InChI is InChI=1S/C14H13N3O4S/c18-13-2-1-9-7-11(8-10-3-5-17(13)14(9)10)22(19,20)16-12-4-6-21-15-12/h4,6-8H,1-3,5H2,(H,15,16). The van der Waals surface area contributed by atoms with Gasteiger partial charge in [-0.2, -0.15) is 0 Å². The van der Waals surface area contributed by atoms with Gasteiger partial charge in [-0.15, -0.1) is 0 Å². The van der Waals surface area contributed by atoms with Crippen molar-refractivity contribution in [2.75, 3.05) is 16.2 Å². The topological polar surface area (TPSA) is 92.5 Å². The Balaban J connectivity index is 1.77. The van der Waals surface area contributed by atoms with Crippen LogP contribution in [-0.4, -0.2) is 26.0 Å². The second-order valence-corrected chi connectivity index (χ2v) is 7.06. The molecule has 22 heavy (non-hydrogen) atoms. The highest BCUT2D eigenvalue weighted by molar-refractivity contribution is 7.92. The first kappa shape index (κ1) is 13.3. The highest BCUT2D eigenvalue weighted by atomic mass is 32.2. The summed E-state index contributed by atoms with van der Waals surface area (Å²) in [6.07, 6.45) is 2.98. The maximum atomic E-state index is 12.5. The Labute approximate surface area is 126 Å². The van der Waals surface area contributed by atoms with Gasteiger partial charge in [0, 0.05) is 19.0 Å². The lowest BCUT2D eigenvalue weighted by atomic mass is 10.00. The Hall–Kier alpha value is -2.35. The molecule has 0 radical (unpaired) electrons. The molecule has 0 spiro atoms. The zero-order valence-corrected chi connectivity index (χ0v) is 12.4. The lowest BCUT2D eigenvalue weighted by Gasteiger charge is -2.25. The van der Waals surface area contributed by atoms with Crippen molar-refractivity contribution in [3.63, 3.8) is 0 Å². The summed E-state index contributed by atoms with van der Waals surface area (Å²) in [4.78, 5) is 13.8. The first-order valence-electron chi connectivity index (χ1n) is 6.94. The molecule has 114 valence electrons. The lowest BCUT2D eigenvalue weighted by Crippen LogP contribution is -2.33. The average molecular weight is 319 g/mol. The summed E-state index contributed by atoms with van der Waals surface area (Å²) in [5, 5.41) is 3.56. The zero-order chi connectivity index (χ0) is 15.3. The molecular weight excluding hydrogens is 306 g/mol. The minimum atomic E-state index is -3.72. The molecule has 0 saturated heterocycles. The molecule has 1 N–H and O–H groups in total. The summed E-state index contributed by atoms with van der Waals surface area (Å²) in [7, 11) is -3.72. The number of anilines is 2. The lowest BCUT2D eigenvalue weighted by molar-refractivity contribution is -0.118. The average Bonchev–Trinajstić information content (AvgIpc) is 3.12. The van der Waals surface area contributed by atoms with Gasteiger partial charge in [0.1, 0.15) is 6.26 Å². The molecular formula is C14H13N3O4S. The van der Waals surface area contributed by atoms with Crippen molar-refractivity contribution in [1.29, 1.82) is 0 Å². The number of benzene rings is 1. The number of sulfonamides is 1. The summed E-state index contributed by atoms with van der Waals surface area (Å²) >= 11 is 0. The van der Waals surface area contributed by atoms with Crippen LogP contribution in [0.3, 0.4) is 0 Å². The quantitative estimate of drug-likeness (QED) is 0.921. The summed E-state index contributed by atoms with van der Waals surface area (Å²) in [6, 6.07) is 4.72. The maximum absolute atomic E-state index is 12.5. The number of carbonyl (C=O) groups is 1. The molecule has 7 nitrogen and oxygen atoms in total. The first-order valence-corrected chi connectivity index (χ1v) is 8.42. The minimum absolute atomic E-state index is 0.113. The molecule has 2 aliphatic rings. The molecule has 0 saturated carbocycles. The van der Waals surface area contributed by atoms with E-state index < -0.39 is 10.0 Å². The molecule has 3 heterocycles. The van der Waals surface area contributed by atoms with E-state index in [1.165, 1.54) is 12.3 Å². The van der Waals surface area contributed by atoms with Crippen molar-refractivity contribution in [3.05, 3.63) is 35.6 Å². The summed E-state index contributed by atoms with van der Waals surface area (Å²) < 4.78 is 31.9. The van der Waals surface area contributed by atoms with Gasteiger partial charge >= 0.3 is 0 Å². The van der Waals surface area contributed by atoms with Crippen LogP contribution in [0, 0.1) is 0 Å². The fraction of sp³-hybridized carbons (Fsp3) is 0.286. The number of amides is 1. The highest BCUT2D eigenvalue weighted by Gasteiger charge is 2.33. The fourth-order valence-corrected chi connectivity index (χ4v) is 4.14. The normalized spacial score (nSPS) is 16.7. The predicted octanol–water partition coefficient (Wildman–Crippen LogP) is 1.31. The molecule has 4 rings (SSSR count). The van der Waals surface area contributed by atoms with E-state index in [2.05, 4.69) is 14.4 Å². The summed E-state index contributed by atoms with van der Waals surface area (Å²) in [6.45, 7) is 0.626. The first-order chi connectivity index (χ1) is 10.5. The molecule has 0 atom stereocenters. The second kappa shape index (κ2) is 4.57. The number of aryl methyl sites for hydroxylation is 1. The van der Waals surface area contributed by atoms with Gasteiger partial charge in [-0.05, 0) is 36.1 Å². The molecule has 1 amide bonds. The number of hydrogen-bond acceptors (Lipinski definition) is 5. The Morgan fingerprint density at radius 2 is 1.95 bits per heavy atom. The van der Waals surface area contributed by atoms with Gasteiger partial charge in [0.05, 0.1) is 10.6 Å². The van der Waals surface area contributed by atoms with Gasteiger partial charge in [-0.3, -0.25) is 9.52 Å². The number of rotatable bonds is 3. The van der Waals surface area contributed by atoms with Gasteiger partial charge in [0.25, 0.3) is 10.0 Å². The van der Waals surface area contributed by atoms with Crippen LogP contribution in [0.4, 0.5) is 11.5 Å². The van der Waals surface area contributed by atoms with E-state index >= 15 is 0 Å². The van der Waals surface area contributed by atoms with Crippen LogP contribution in [-0.2, 0) is 27.7 Å². The SMILES string of the molecule is O=C1CCc2cc(S(=O)(=O)Nc3ccon3)cc3c2N1CC3. The van der Waals surface area contributed by atoms with Crippen LogP contribution >= 0.6 is 0 Å². The van der Waals surface area contributed by atoms with Crippen molar-refractivity contribution in [1.82, 2.24) is 5.16 Å². The van der Waals surface area contributed by atoms with E-state index in [-0.39, 0.29) is 16.6 Å². The van der Waals surface area contributed by atoms with Crippen LogP contribution in [0.15, 0.2) is 33.9 Å². The van der Waals surface area contributed by atoms with Crippen molar-refractivity contribution in [2.24, 2.45) is 0 Å². The Morgan fingerprint density at radius 3 is 2.68 bits per heavy atom. The van der Waals surface area contributed by atoms with Gasteiger partial charge < -0.3 is 9.42 Å². The van der Waals surface area contributed by atoms with E-state index in [9.17, 15) is 13.2 Å². The fourth-order valence-electron chi connectivity index (χ4n) is 3.04. The Bertz CT molecular complexity index is 858. The number of hydrogen-bond donors (Lipinski definition) is 1. The number of carbonyl (C=O) groups excluding carboxylic acids is 1. The van der Waals surface area contributed by atoms with Gasteiger partial charge in [-0.25, -0.2) is 8.42 Å². The van der Waals surface area contributed by atoms with Gasteiger partial charge in [-0.1, -0.05) is 5.16 Å². The summed E-state index contributed by atoms with van der Waals surface area (Å²) in [5.74, 6) is 0.258. The van der Waals surface area contributed by atoms with E-state index in [0.717, 1.165) is 16.8 Å². The van der Waals surface area contributed by atoms with Crippen LogP contribution in [0.25, 0.3) is 0 Å². The molecule has 0 fully saturated rings. The van der Waals surface area contributed by atoms with Crippen molar-refractivity contribution in [3.8, 4) is 0 Å².